The van der Waals surface area contributed by atoms with Crippen LogP contribution in [-0.4, -0.2) is 35.1 Å². The van der Waals surface area contributed by atoms with E-state index in [2.05, 4.69) is 32.7 Å². The number of aromatic nitrogens is 1. The zero-order valence-electron chi connectivity index (χ0n) is 10.3. The van der Waals surface area contributed by atoms with Crippen LogP contribution in [0.15, 0.2) is 23.7 Å². The monoisotopic (exact) mass is 259 g/mol. The number of rotatable bonds is 2. The van der Waals surface area contributed by atoms with E-state index in [1.165, 1.54) is 42.4 Å². The topological polar surface area (TPSA) is 28.2 Å². The van der Waals surface area contributed by atoms with Gasteiger partial charge >= 0.3 is 0 Å². The molecule has 2 aromatic heterocycles. The molecular formula is C14H17N3S. The number of pyridine rings is 1. The lowest BCUT2D eigenvalue weighted by Crippen LogP contribution is -2.34. The fraction of sp³-hybridized carbons (Fsp3) is 0.500. The van der Waals surface area contributed by atoms with Crippen LogP contribution in [0.3, 0.4) is 0 Å². The molecule has 3 nitrogen and oxygen atoms in total. The van der Waals surface area contributed by atoms with Gasteiger partial charge in [-0.25, -0.2) is 4.98 Å². The lowest BCUT2D eigenvalue weighted by Gasteiger charge is -2.22. The highest BCUT2D eigenvalue weighted by Crippen LogP contribution is 2.32. The van der Waals surface area contributed by atoms with Gasteiger partial charge in [0.2, 0.25) is 0 Å². The molecule has 2 aliphatic rings. The molecular weight excluding hydrogens is 242 g/mol. The van der Waals surface area contributed by atoms with Gasteiger partial charge in [-0.2, -0.15) is 0 Å². The molecule has 0 amide bonds. The highest BCUT2D eigenvalue weighted by molar-refractivity contribution is 7.17. The maximum absolute atomic E-state index is 4.53. The molecule has 0 spiro atoms. The number of hydrogen-bond acceptors (Lipinski definition) is 4. The molecule has 2 aromatic rings. The van der Waals surface area contributed by atoms with E-state index in [1.807, 2.05) is 6.20 Å². The van der Waals surface area contributed by atoms with Gasteiger partial charge in [-0.3, -0.25) is 4.90 Å². The molecule has 2 aliphatic heterocycles. The quantitative estimate of drug-likeness (QED) is 0.898. The number of nitrogens with one attached hydrogen (secondary N) is 1. The summed E-state index contributed by atoms with van der Waals surface area (Å²) in [6.07, 6.45) is 5.88. The van der Waals surface area contributed by atoms with Crippen LogP contribution in [0.4, 0.5) is 5.82 Å². The maximum Gasteiger partial charge on any atom is 0.134 e. The smallest absolute Gasteiger partial charge is 0.134 e. The summed E-state index contributed by atoms with van der Waals surface area (Å²) in [5.41, 5.74) is 0. The Labute approximate surface area is 111 Å². The van der Waals surface area contributed by atoms with Gasteiger partial charge in [0, 0.05) is 34.9 Å². The second-order valence-corrected chi connectivity index (χ2v) is 6.22. The second kappa shape index (κ2) is 4.21. The molecule has 0 radical (unpaired) electrons. The SMILES string of the molecule is c1cc2sccc2c(NC2CCN3CCCC23)n1. The first kappa shape index (κ1) is 10.8. The summed E-state index contributed by atoms with van der Waals surface area (Å²) in [7, 11) is 0. The largest absolute Gasteiger partial charge is 0.365 e. The average Bonchev–Trinajstić information content (AvgIpc) is 3.06. The fourth-order valence-corrected chi connectivity index (χ4v) is 4.22. The molecule has 94 valence electrons. The number of fused-ring (bicyclic) bond motifs is 2. The van der Waals surface area contributed by atoms with Gasteiger partial charge in [0.15, 0.2) is 0 Å². The lowest BCUT2D eigenvalue weighted by molar-refractivity contribution is 0.318. The summed E-state index contributed by atoms with van der Waals surface area (Å²) in [6, 6.07) is 5.60. The number of nitrogens with zero attached hydrogens (tertiary/aromatic N) is 2. The zero-order chi connectivity index (χ0) is 11.9. The Kier molecular flexibility index (Phi) is 2.52. The molecule has 18 heavy (non-hydrogen) atoms. The van der Waals surface area contributed by atoms with E-state index in [0.717, 1.165) is 11.9 Å². The Hall–Kier alpha value is -1.13. The van der Waals surface area contributed by atoms with Gasteiger partial charge in [-0.1, -0.05) is 0 Å². The lowest BCUT2D eigenvalue weighted by atomic mass is 10.1. The summed E-state index contributed by atoms with van der Waals surface area (Å²) < 4.78 is 1.33. The average molecular weight is 259 g/mol. The highest BCUT2D eigenvalue weighted by Gasteiger charge is 2.37. The summed E-state index contributed by atoms with van der Waals surface area (Å²) in [6.45, 7) is 2.54. The molecule has 0 bridgehead atoms. The third kappa shape index (κ3) is 1.63. The maximum atomic E-state index is 4.53. The van der Waals surface area contributed by atoms with Gasteiger partial charge in [0.25, 0.3) is 0 Å². The van der Waals surface area contributed by atoms with Crippen molar-refractivity contribution in [3.8, 4) is 0 Å². The normalized spacial score (nSPS) is 27.8. The third-order valence-electron chi connectivity index (χ3n) is 4.31. The molecule has 4 heteroatoms. The van der Waals surface area contributed by atoms with Crippen molar-refractivity contribution in [2.24, 2.45) is 0 Å². The predicted molar refractivity (Wildman–Crippen MR) is 76.2 cm³/mol. The molecule has 0 aliphatic carbocycles. The van der Waals surface area contributed by atoms with Gasteiger partial charge in [-0.05, 0) is 43.3 Å². The van der Waals surface area contributed by atoms with Crippen LogP contribution < -0.4 is 5.32 Å². The van der Waals surface area contributed by atoms with E-state index in [-0.39, 0.29) is 0 Å². The molecule has 1 N–H and O–H groups in total. The standard InChI is InChI=1S/C14H17N3S/c1-2-12-11(4-8-17(12)7-1)16-14-10-5-9-18-13(10)3-6-15-14/h3,5-6,9,11-12H,1-2,4,7-8H2,(H,15,16). The fourth-order valence-electron chi connectivity index (χ4n) is 3.44. The minimum atomic E-state index is 0.588. The minimum absolute atomic E-state index is 0.588. The van der Waals surface area contributed by atoms with Crippen LogP contribution in [0.25, 0.3) is 10.1 Å². The van der Waals surface area contributed by atoms with Gasteiger partial charge < -0.3 is 5.32 Å². The van der Waals surface area contributed by atoms with Crippen molar-refractivity contribution in [1.29, 1.82) is 0 Å². The number of hydrogen-bond donors (Lipinski definition) is 1. The minimum Gasteiger partial charge on any atom is -0.365 e. The molecule has 2 saturated heterocycles. The van der Waals surface area contributed by atoms with Crippen LogP contribution in [0.2, 0.25) is 0 Å². The van der Waals surface area contributed by atoms with Crippen molar-refractivity contribution in [1.82, 2.24) is 9.88 Å². The van der Waals surface area contributed by atoms with E-state index in [9.17, 15) is 0 Å². The second-order valence-electron chi connectivity index (χ2n) is 5.28. The van der Waals surface area contributed by atoms with Crippen molar-refractivity contribution in [2.45, 2.75) is 31.3 Å². The summed E-state index contributed by atoms with van der Waals surface area (Å²) in [4.78, 5) is 7.16. The van der Waals surface area contributed by atoms with Crippen LogP contribution in [-0.2, 0) is 0 Å². The van der Waals surface area contributed by atoms with Crippen LogP contribution in [0, 0.1) is 0 Å². The molecule has 0 saturated carbocycles. The summed E-state index contributed by atoms with van der Waals surface area (Å²) in [5, 5.41) is 7.12. The molecule has 4 rings (SSSR count). The van der Waals surface area contributed by atoms with E-state index in [4.69, 9.17) is 0 Å². The Morgan fingerprint density at radius 2 is 2.28 bits per heavy atom. The van der Waals surface area contributed by atoms with Gasteiger partial charge in [0.1, 0.15) is 5.82 Å². The highest BCUT2D eigenvalue weighted by atomic mass is 32.1. The Morgan fingerprint density at radius 3 is 3.28 bits per heavy atom. The summed E-state index contributed by atoms with van der Waals surface area (Å²) >= 11 is 1.79. The number of anilines is 1. The first-order valence-electron chi connectivity index (χ1n) is 6.74. The van der Waals surface area contributed by atoms with Crippen LogP contribution >= 0.6 is 11.3 Å². The molecule has 2 unspecified atom stereocenters. The van der Waals surface area contributed by atoms with Crippen molar-refractivity contribution in [2.75, 3.05) is 18.4 Å². The van der Waals surface area contributed by atoms with Crippen molar-refractivity contribution in [3.63, 3.8) is 0 Å². The van der Waals surface area contributed by atoms with Crippen LogP contribution in [0.1, 0.15) is 19.3 Å². The molecule has 2 atom stereocenters. The Bertz CT molecular complexity index is 565. The number of thiophene rings is 1. The van der Waals surface area contributed by atoms with E-state index < -0.39 is 0 Å². The first-order valence-corrected chi connectivity index (χ1v) is 7.62. The van der Waals surface area contributed by atoms with E-state index in [1.54, 1.807) is 11.3 Å². The Morgan fingerprint density at radius 1 is 1.28 bits per heavy atom. The van der Waals surface area contributed by atoms with Crippen LogP contribution in [0.5, 0.6) is 0 Å². The summed E-state index contributed by atoms with van der Waals surface area (Å²) in [5.74, 6) is 1.08. The van der Waals surface area contributed by atoms with Gasteiger partial charge in [0.05, 0.1) is 0 Å². The zero-order valence-corrected chi connectivity index (χ0v) is 11.1. The predicted octanol–water partition coefficient (Wildman–Crippen LogP) is 2.94. The third-order valence-corrected chi connectivity index (χ3v) is 5.19. The van der Waals surface area contributed by atoms with E-state index in [0.29, 0.717) is 6.04 Å². The van der Waals surface area contributed by atoms with E-state index >= 15 is 0 Å². The van der Waals surface area contributed by atoms with Crippen molar-refractivity contribution < 1.29 is 0 Å². The van der Waals surface area contributed by atoms with Gasteiger partial charge in [-0.15, -0.1) is 11.3 Å². The first-order chi connectivity index (χ1) is 8.92. The van der Waals surface area contributed by atoms with Crippen molar-refractivity contribution in [3.05, 3.63) is 23.7 Å². The molecule has 0 aromatic carbocycles. The van der Waals surface area contributed by atoms with Crippen molar-refractivity contribution >= 4 is 27.2 Å². The molecule has 2 fully saturated rings. The Balaban J connectivity index is 1.62. The molecule has 4 heterocycles.